The normalized spacial score (nSPS) is 12.1. The number of hydrogen-bond donors (Lipinski definition) is 2. The van der Waals surface area contributed by atoms with E-state index in [0.29, 0.717) is 12.3 Å². The quantitative estimate of drug-likeness (QED) is 0.797. The summed E-state index contributed by atoms with van der Waals surface area (Å²) in [6, 6.07) is 7.39. The topological polar surface area (TPSA) is 49.5 Å². The van der Waals surface area contributed by atoms with Crippen LogP contribution >= 0.6 is 0 Å². The van der Waals surface area contributed by atoms with Gasteiger partial charge in [0.2, 0.25) is 0 Å². The van der Waals surface area contributed by atoms with E-state index in [1.54, 1.807) is 12.1 Å². The van der Waals surface area contributed by atoms with Crippen molar-refractivity contribution in [1.82, 2.24) is 4.90 Å². The van der Waals surface area contributed by atoms with Crippen LogP contribution in [0.4, 0.5) is 0 Å². The van der Waals surface area contributed by atoms with Gasteiger partial charge in [0, 0.05) is 18.6 Å². The van der Waals surface area contributed by atoms with Gasteiger partial charge in [0.25, 0.3) is 0 Å². The first-order chi connectivity index (χ1) is 7.99. The van der Waals surface area contributed by atoms with E-state index in [4.69, 9.17) is 5.73 Å². The molecule has 0 unspecified atom stereocenters. The first-order valence-corrected chi connectivity index (χ1v) is 6.22. The van der Waals surface area contributed by atoms with Gasteiger partial charge in [0.1, 0.15) is 5.75 Å². The second-order valence-electron chi connectivity index (χ2n) is 5.10. The predicted octanol–water partition coefficient (Wildman–Crippen LogP) is 2.34. The van der Waals surface area contributed by atoms with Gasteiger partial charge in [-0.1, -0.05) is 19.1 Å². The van der Waals surface area contributed by atoms with Crippen molar-refractivity contribution < 1.29 is 5.11 Å². The molecule has 96 valence electrons. The molecule has 0 atom stereocenters. The molecule has 0 bridgehead atoms. The van der Waals surface area contributed by atoms with Crippen LogP contribution in [-0.4, -0.2) is 28.6 Å². The number of phenolic OH excluding ortho intramolecular Hbond substituents is 1. The zero-order valence-electron chi connectivity index (χ0n) is 11.1. The van der Waals surface area contributed by atoms with Gasteiger partial charge in [-0.2, -0.15) is 0 Å². The van der Waals surface area contributed by atoms with Crippen molar-refractivity contribution in [2.24, 2.45) is 5.73 Å². The zero-order valence-corrected chi connectivity index (χ0v) is 11.1. The van der Waals surface area contributed by atoms with Gasteiger partial charge in [-0.05, 0) is 44.5 Å². The second kappa shape index (κ2) is 6.03. The maximum absolute atomic E-state index is 9.27. The summed E-state index contributed by atoms with van der Waals surface area (Å²) in [6.07, 6.45) is 1.11. The molecular weight excluding hydrogens is 212 g/mol. The monoisotopic (exact) mass is 236 g/mol. The fourth-order valence-corrected chi connectivity index (χ4v) is 1.82. The molecule has 0 heterocycles. The molecule has 1 aromatic rings. The third-order valence-electron chi connectivity index (χ3n) is 3.16. The molecule has 0 aliphatic heterocycles. The molecule has 0 amide bonds. The van der Waals surface area contributed by atoms with Crippen LogP contribution in [0, 0.1) is 0 Å². The Kier molecular flexibility index (Phi) is 4.97. The Morgan fingerprint density at radius 2 is 1.82 bits per heavy atom. The minimum Gasteiger partial charge on any atom is -0.508 e. The molecule has 0 spiro atoms. The highest BCUT2D eigenvalue weighted by molar-refractivity contribution is 5.25. The fraction of sp³-hybridized carbons (Fsp3) is 0.571. The van der Waals surface area contributed by atoms with Gasteiger partial charge < -0.3 is 10.8 Å². The lowest BCUT2D eigenvalue weighted by Crippen LogP contribution is -2.49. The van der Waals surface area contributed by atoms with Gasteiger partial charge in [-0.3, -0.25) is 4.90 Å². The second-order valence-corrected chi connectivity index (χ2v) is 5.10. The van der Waals surface area contributed by atoms with Crippen molar-refractivity contribution in [2.75, 3.05) is 13.1 Å². The number of aromatic hydroxyl groups is 1. The number of hydrogen-bond acceptors (Lipinski definition) is 3. The third-order valence-corrected chi connectivity index (χ3v) is 3.16. The summed E-state index contributed by atoms with van der Waals surface area (Å²) in [4.78, 5) is 2.39. The van der Waals surface area contributed by atoms with Crippen molar-refractivity contribution >= 4 is 0 Å². The Hall–Kier alpha value is -1.06. The zero-order chi connectivity index (χ0) is 12.9. The molecule has 1 rings (SSSR count). The average molecular weight is 236 g/mol. The summed E-state index contributed by atoms with van der Waals surface area (Å²) in [5, 5.41) is 9.27. The van der Waals surface area contributed by atoms with Crippen LogP contribution in [0.15, 0.2) is 24.3 Å². The van der Waals surface area contributed by atoms with Crippen LogP contribution in [0.2, 0.25) is 0 Å². The Balaban J connectivity index is 2.76. The number of nitrogens with two attached hydrogens (primary N) is 1. The van der Waals surface area contributed by atoms with Gasteiger partial charge in [-0.25, -0.2) is 0 Å². The summed E-state index contributed by atoms with van der Waals surface area (Å²) in [6.45, 7) is 9.07. The van der Waals surface area contributed by atoms with Gasteiger partial charge in [0.05, 0.1) is 0 Å². The molecule has 3 heteroatoms. The maximum Gasteiger partial charge on any atom is 0.115 e. The van der Waals surface area contributed by atoms with Crippen LogP contribution in [0.3, 0.4) is 0 Å². The molecule has 0 aliphatic carbocycles. The molecule has 17 heavy (non-hydrogen) atoms. The number of phenols is 1. The largest absolute Gasteiger partial charge is 0.508 e. The molecule has 1 aromatic carbocycles. The molecule has 0 aromatic heterocycles. The molecule has 3 N–H and O–H groups in total. The first-order valence-electron chi connectivity index (χ1n) is 6.22. The van der Waals surface area contributed by atoms with Crippen LogP contribution in [0.5, 0.6) is 5.75 Å². The van der Waals surface area contributed by atoms with E-state index < -0.39 is 0 Å². The lowest BCUT2D eigenvalue weighted by molar-refractivity contribution is 0.118. The maximum atomic E-state index is 9.27. The number of benzene rings is 1. The molecule has 3 nitrogen and oxygen atoms in total. The van der Waals surface area contributed by atoms with Crippen molar-refractivity contribution in [2.45, 2.75) is 39.3 Å². The Bertz CT molecular complexity index is 333. The Morgan fingerprint density at radius 3 is 2.29 bits per heavy atom. The van der Waals surface area contributed by atoms with E-state index in [0.717, 1.165) is 19.5 Å². The Labute approximate surface area is 104 Å². The van der Waals surface area contributed by atoms with Gasteiger partial charge in [-0.15, -0.1) is 0 Å². The smallest absolute Gasteiger partial charge is 0.115 e. The summed E-state index contributed by atoms with van der Waals surface area (Å²) in [7, 11) is 0. The highest BCUT2D eigenvalue weighted by atomic mass is 16.3. The highest BCUT2D eigenvalue weighted by Gasteiger charge is 2.24. The summed E-state index contributed by atoms with van der Waals surface area (Å²) in [5.41, 5.74) is 7.05. The van der Waals surface area contributed by atoms with Crippen LogP contribution in [0.1, 0.15) is 32.8 Å². The molecule has 0 radical (unpaired) electrons. The molecular formula is C14H24N2O. The third kappa shape index (κ3) is 4.02. The molecule has 0 fully saturated rings. The summed E-state index contributed by atoms with van der Waals surface area (Å²) in [5.74, 6) is 0.314. The predicted molar refractivity (Wildman–Crippen MR) is 71.9 cm³/mol. The van der Waals surface area contributed by atoms with E-state index in [1.165, 1.54) is 5.56 Å². The van der Waals surface area contributed by atoms with E-state index in [1.807, 2.05) is 12.1 Å². The van der Waals surface area contributed by atoms with Crippen molar-refractivity contribution in [1.29, 1.82) is 0 Å². The molecule has 0 saturated carbocycles. The van der Waals surface area contributed by atoms with E-state index in [9.17, 15) is 5.11 Å². The minimum absolute atomic E-state index is 0.00783. The first kappa shape index (κ1) is 14.0. The van der Waals surface area contributed by atoms with Crippen molar-refractivity contribution in [3.63, 3.8) is 0 Å². The standard InChI is InChI=1S/C14H24N2O/c1-4-9-16(14(2,3)11-15)10-12-5-7-13(17)8-6-12/h5-8,17H,4,9-11,15H2,1-3H3. The highest BCUT2D eigenvalue weighted by Crippen LogP contribution is 2.18. The summed E-state index contributed by atoms with van der Waals surface area (Å²) < 4.78 is 0. The van der Waals surface area contributed by atoms with E-state index in [-0.39, 0.29) is 5.54 Å². The van der Waals surface area contributed by atoms with E-state index >= 15 is 0 Å². The van der Waals surface area contributed by atoms with Crippen molar-refractivity contribution in [3.05, 3.63) is 29.8 Å². The molecule has 0 saturated heterocycles. The van der Waals surface area contributed by atoms with Crippen molar-refractivity contribution in [3.8, 4) is 5.75 Å². The van der Waals surface area contributed by atoms with Gasteiger partial charge in [0.15, 0.2) is 0 Å². The number of rotatable bonds is 6. The number of nitrogens with zero attached hydrogens (tertiary/aromatic N) is 1. The van der Waals surface area contributed by atoms with Crippen LogP contribution in [-0.2, 0) is 6.54 Å². The van der Waals surface area contributed by atoms with E-state index in [2.05, 4.69) is 25.7 Å². The summed E-state index contributed by atoms with van der Waals surface area (Å²) >= 11 is 0. The lowest BCUT2D eigenvalue weighted by Gasteiger charge is -2.37. The van der Waals surface area contributed by atoms with Crippen LogP contribution < -0.4 is 5.73 Å². The molecule has 0 aliphatic rings. The minimum atomic E-state index is 0.00783. The SMILES string of the molecule is CCCN(Cc1ccc(O)cc1)C(C)(C)CN. The Morgan fingerprint density at radius 1 is 1.24 bits per heavy atom. The van der Waals surface area contributed by atoms with Gasteiger partial charge >= 0.3 is 0 Å². The average Bonchev–Trinajstić information content (AvgIpc) is 2.31. The lowest BCUT2D eigenvalue weighted by atomic mass is 10.0. The fourth-order valence-electron chi connectivity index (χ4n) is 1.82. The van der Waals surface area contributed by atoms with Crippen LogP contribution in [0.25, 0.3) is 0 Å².